The lowest BCUT2D eigenvalue weighted by atomic mass is 9.72. The fourth-order valence-electron chi connectivity index (χ4n) is 7.14. The van der Waals surface area contributed by atoms with Gasteiger partial charge in [0, 0.05) is 56.3 Å². The smallest absolute Gasteiger partial charge is 0.407 e. The summed E-state index contributed by atoms with van der Waals surface area (Å²) in [6, 6.07) is 4.04. The molecule has 11 heteroatoms. The third-order valence-corrected chi connectivity index (χ3v) is 9.58. The maximum Gasteiger partial charge on any atom is 0.407 e. The minimum Gasteiger partial charge on any atom is -0.465 e. The lowest BCUT2D eigenvalue weighted by Gasteiger charge is -2.61. The number of ether oxygens (including phenoxy) is 1. The van der Waals surface area contributed by atoms with Gasteiger partial charge in [0.1, 0.15) is 17.9 Å². The second-order valence-electron chi connectivity index (χ2n) is 14.3. The van der Waals surface area contributed by atoms with Crippen molar-refractivity contribution in [2.75, 3.05) is 44.7 Å². The molecule has 1 N–H and O–H groups in total. The van der Waals surface area contributed by atoms with Crippen molar-refractivity contribution >= 4 is 17.8 Å². The topological polar surface area (TPSA) is 102 Å². The molecular formula is C33H47FN6O4. The molecule has 2 aliphatic heterocycles. The molecule has 3 aliphatic rings. The summed E-state index contributed by atoms with van der Waals surface area (Å²) in [6.45, 7) is 14.6. The van der Waals surface area contributed by atoms with E-state index in [-0.39, 0.29) is 40.3 Å². The zero-order chi connectivity index (χ0) is 31.8. The van der Waals surface area contributed by atoms with Crippen molar-refractivity contribution in [1.29, 1.82) is 0 Å². The van der Waals surface area contributed by atoms with E-state index in [0.717, 1.165) is 64.8 Å². The number of halogens is 1. The third kappa shape index (κ3) is 6.77. The lowest BCUT2D eigenvalue weighted by molar-refractivity contribution is -0.0266. The largest absolute Gasteiger partial charge is 0.465 e. The maximum atomic E-state index is 14.1. The van der Waals surface area contributed by atoms with Gasteiger partial charge in [-0.25, -0.2) is 19.2 Å². The van der Waals surface area contributed by atoms with Crippen LogP contribution in [0.15, 0.2) is 30.7 Å². The number of carbonyl (C=O) groups is 2. The Kier molecular flexibility index (Phi) is 9.07. The predicted octanol–water partition coefficient (Wildman–Crippen LogP) is 5.74. The summed E-state index contributed by atoms with van der Waals surface area (Å²) in [6.07, 6.45) is 7.49. The van der Waals surface area contributed by atoms with Gasteiger partial charge in [-0.05, 0) is 97.4 Å². The van der Waals surface area contributed by atoms with Crippen LogP contribution in [0.5, 0.6) is 11.5 Å². The number of hydrogen-bond donors (Lipinski definition) is 1. The molecule has 2 aromatic rings. The van der Waals surface area contributed by atoms with Gasteiger partial charge in [0.2, 0.25) is 0 Å². The molecule has 5 rings (SSSR count). The van der Waals surface area contributed by atoms with Crippen LogP contribution in [0, 0.1) is 17.2 Å². The number of anilines is 1. The van der Waals surface area contributed by atoms with Crippen LogP contribution in [0.4, 0.5) is 15.0 Å². The number of carbonyl (C=O) groups excluding carboxylic acids is 1. The second-order valence-corrected chi connectivity index (χ2v) is 14.3. The van der Waals surface area contributed by atoms with Gasteiger partial charge in [0.15, 0.2) is 11.6 Å². The molecule has 0 unspecified atom stereocenters. The number of likely N-dealkylation sites (tertiary alicyclic amines) is 1. The summed E-state index contributed by atoms with van der Waals surface area (Å²) in [5.41, 5.74) is 0.0245. The molecule has 0 radical (unpaired) electrons. The van der Waals surface area contributed by atoms with Gasteiger partial charge in [-0.2, -0.15) is 0 Å². The number of amides is 2. The van der Waals surface area contributed by atoms with E-state index in [1.54, 1.807) is 23.0 Å². The molecule has 2 saturated heterocycles. The molecule has 3 fully saturated rings. The molecule has 1 saturated carbocycles. The maximum absolute atomic E-state index is 14.1. The molecule has 0 bridgehead atoms. The first-order chi connectivity index (χ1) is 20.8. The molecule has 1 aliphatic carbocycles. The van der Waals surface area contributed by atoms with Crippen molar-refractivity contribution in [2.45, 2.75) is 84.3 Å². The Bertz CT molecular complexity index is 1340. The van der Waals surface area contributed by atoms with Crippen molar-refractivity contribution in [3.05, 3.63) is 42.1 Å². The van der Waals surface area contributed by atoms with E-state index in [1.807, 2.05) is 34.6 Å². The molecule has 2 amide bonds. The van der Waals surface area contributed by atoms with Crippen molar-refractivity contribution in [3.8, 4) is 11.5 Å². The minimum absolute atomic E-state index is 0.0493. The summed E-state index contributed by atoms with van der Waals surface area (Å²) in [7, 11) is 1.69. The summed E-state index contributed by atoms with van der Waals surface area (Å²) in [5.74, 6) is 1.22. The predicted molar refractivity (Wildman–Crippen MR) is 167 cm³/mol. The summed E-state index contributed by atoms with van der Waals surface area (Å²) in [4.78, 5) is 41.5. The molecular weight excluding hydrogens is 563 g/mol. The fraction of sp³-hybridized carbons (Fsp3) is 0.636. The van der Waals surface area contributed by atoms with Crippen LogP contribution >= 0.6 is 0 Å². The van der Waals surface area contributed by atoms with E-state index in [4.69, 9.17) is 4.74 Å². The summed E-state index contributed by atoms with van der Waals surface area (Å²) >= 11 is 0. The van der Waals surface area contributed by atoms with Crippen molar-refractivity contribution in [1.82, 2.24) is 24.7 Å². The molecule has 10 nitrogen and oxygen atoms in total. The Hall–Kier alpha value is -3.47. The van der Waals surface area contributed by atoms with Crippen LogP contribution in [-0.4, -0.2) is 99.2 Å². The molecule has 0 atom stereocenters. The standard InChI is InChI=1S/C33H47FN6O4/c1-22(2)37(6)30(41)26-15-24(34)9-12-27(26)44-28-16-35-21-36-29(28)39-19-33(20-39)17-38(18-33)14-13-23-7-10-25(11-8-23)40(31(42)43)32(3,4)5/h9,12,15-16,21-23,25H,7-8,10-11,13-14,17-20H2,1-6H3,(H,42,43). The molecule has 1 spiro atoms. The molecule has 3 heterocycles. The van der Waals surface area contributed by atoms with Crippen LogP contribution < -0.4 is 9.64 Å². The molecule has 44 heavy (non-hydrogen) atoms. The second kappa shape index (κ2) is 12.5. The zero-order valence-corrected chi connectivity index (χ0v) is 26.9. The Morgan fingerprint density at radius 1 is 1.11 bits per heavy atom. The van der Waals surface area contributed by atoms with Crippen LogP contribution in [0.2, 0.25) is 0 Å². The quantitative estimate of drug-likeness (QED) is 0.384. The molecule has 1 aromatic heterocycles. The van der Waals surface area contributed by atoms with E-state index in [0.29, 0.717) is 17.5 Å². The van der Waals surface area contributed by atoms with Gasteiger partial charge in [-0.3, -0.25) is 4.79 Å². The number of nitrogens with zero attached hydrogens (tertiary/aromatic N) is 6. The van der Waals surface area contributed by atoms with Crippen LogP contribution in [0.1, 0.15) is 77.1 Å². The minimum atomic E-state index is -0.813. The van der Waals surface area contributed by atoms with Crippen molar-refractivity contribution in [3.63, 3.8) is 0 Å². The average Bonchev–Trinajstić information content (AvgIpc) is 2.92. The number of rotatable bonds is 9. The fourth-order valence-corrected chi connectivity index (χ4v) is 7.14. The summed E-state index contributed by atoms with van der Waals surface area (Å²) < 4.78 is 20.3. The zero-order valence-electron chi connectivity index (χ0n) is 26.9. The van der Waals surface area contributed by atoms with Crippen LogP contribution in [0.25, 0.3) is 0 Å². The lowest BCUT2D eigenvalue weighted by Crippen LogP contribution is -2.72. The molecule has 1 aromatic carbocycles. The van der Waals surface area contributed by atoms with Gasteiger partial charge < -0.3 is 29.4 Å². The monoisotopic (exact) mass is 610 g/mol. The number of carboxylic acid groups (broad SMARTS) is 1. The third-order valence-electron chi connectivity index (χ3n) is 9.58. The Morgan fingerprint density at radius 2 is 1.80 bits per heavy atom. The molecule has 240 valence electrons. The Morgan fingerprint density at radius 3 is 2.41 bits per heavy atom. The van der Waals surface area contributed by atoms with E-state index in [2.05, 4.69) is 19.8 Å². The van der Waals surface area contributed by atoms with Gasteiger partial charge in [0.25, 0.3) is 5.91 Å². The van der Waals surface area contributed by atoms with Gasteiger partial charge in [-0.15, -0.1) is 0 Å². The first-order valence-electron chi connectivity index (χ1n) is 15.8. The van der Waals surface area contributed by atoms with Gasteiger partial charge >= 0.3 is 6.09 Å². The van der Waals surface area contributed by atoms with Crippen molar-refractivity contribution in [2.24, 2.45) is 11.3 Å². The van der Waals surface area contributed by atoms with E-state index >= 15 is 0 Å². The highest BCUT2D eigenvalue weighted by molar-refractivity contribution is 5.97. The first kappa shape index (κ1) is 31.9. The van der Waals surface area contributed by atoms with Crippen LogP contribution in [0.3, 0.4) is 0 Å². The van der Waals surface area contributed by atoms with E-state index in [1.165, 1.54) is 24.5 Å². The highest BCUT2D eigenvalue weighted by atomic mass is 19.1. The first-order valence-corrected chi connectivity index (χ1v) is 15.8. The van der Waals surface area contributed by atoms with E-state index < -0.39 is 11.9 Å². The highest BCUT2D eigenvalue weighted by Gasteiger charge is 2.52. The Labute approximate surface area is 260 Å². The van der Waals surface area contributed by atoms with Crippen LogP contribution in [-0.2, 0) is 0 Å². The number of benzene rings is 1. The van der Waals surface area contributed by atoms with Gasteiger partial charge in [-0.1, -0.05) is 0 Å². The van der Waals surface area contributed by atoms with Gasteiger partial charge in [0.05, 0.1) is 11.8 Å². The number of aromatic nitrogens is 2. The average molecular weight is 611 g/mol. The summed E-state index contributed by atoms with van der Waals surface area (Å²) in [5, 5.41) is 9.74. The van der Waals surface area contributed by atoms with E-state index in [9.17, 15) is 19.1 Å². The SMILES string of the molecule is CC(C)N(C)C(=O)c1cc(F)ccc1Oc1cncnc1N1CC2(CN(CCC3CCC(N(C(=O)O)C(C)(C)C)CC3)C2)C1. The highest BCUT2D eigenvalue weighted by Crippen LogP contribution is 2.45. The normalized spacial score (nSPS) is 21.5. The number of hydrogen-bond acceptors (Lipinski definition) is 7. The van der Waals surface area contributed by atoms with Crippen molar-refractivity contribution < 1.29 is 23.8 Å². The Balaban J connectivity index is 1.12.